The van der Waals surface area contributed by atoms with Crippen LogP contribution >= 0.6 is 0 Å². The third kappa shape index (κ3) is 3.58. The van der Waals surface area contributed by atoms with Crippen molar-refractivity contribution in [3.8, 4) is 0 Å². The lowest BCUT2D eigenvalue weighted by atomic mass is 10.0. The molecule has 18 heavy (non-hydrogen) atoms. The molecule has 0 bridgehead atoms. The van der Waals surface area contributed by atoms with Crippen molar-refractivity contribution in [1.82, 2.24) is 5.32 Å². The van der Waals surface area contributed by atoms with Crippen LogP contribution in [0.3, 0.4) is 0 Å². The van der Waals surface area contributed by atoms with Gasteiger partial charge in [-0.05, 0) is 27.7 Å². The quantitative estimate of drug-likeness (QED) is 0.581. The number of alkyl carbamates (subject to hydrolysis) is 1. The molecule has 0 aromatic rings. The van der Waals surface area contributed by atoms with Crippen LogP contribution in [0, 0.1) is 0 Å². The maximum absolute atomic E-state index is 11.5. The third-order valence-corrected chi connectivity index (χ3v) is 2.35. The largest absolute Gasteiger partial charge is 0.455 e. The number of hydrogen-bond donors (Lipinski definition) is 3. The van der Waals surface area contributed by atoms with E-state index in [1.165, 1.54) is 6.92 Å². The second-order valence-corrected chi connectivity index (χ2v) is 5.26. The molecule has 1 rings (SSSR count). The van der Waals surface area contributed by atoms with Crippen LogP contribution in [0.25, 0.3) is 0 Å². The highest BCUT2D eigenvalue weighted by Gasteiger charge is 2.47. The normalized spacial score (nSPS) is 29.7. The molecule has 104 valence electrons. The molecule has 0 saturated carbocycles. The summed E-state index contributed by atoms with van der Waals surface area (Å²) in [6, 6.07) is -1.02. The molecule has 0 aromatic heterocycles. The number of aliphatic hydroxyl groups is 2. The molecule has 1 aliphatic rings. The van der Waals surface area contributed by atoms with Gasteiger partial charge in [0.2, 0.25) is 0 Å². The van der Waals surface area contributed by atoms with Gasteiger partial charge in [-0.3, -0.25) is 0 Å². The van der Waals surface area contributed by atoms with E-state index in [2.05, 4.69) is 5.32 Å². The van der Waals surface area contributed by atoms with Gasteiger partial charge in [0.15, 0.2) is 12.2 Å². The molecule has 1 aliphatic heterocycles. The van der Waals surface area contributed by atoms with Crippen molar-refractivity contribution >= 4 is 12.1 Å². The summed E-state index contributed by atoms with van der Waals surface area (Å²) < 4.78 is 9.77. The number of hydrogen-bond acceptors (Lipinski definition) is 6. The van der Waals surface area contributed by atoms with Gasteiger partial charge in [-0.15, -0.1) is 0 Å². The Morgan fingerprint density at radius 1 is 1.50 bits per heavy atom. The third-order valence-electron chi connectivity index (χ3n) is 2.35. The summed E-state index contributed by atoms with van der Waals surface area (Å²) in [4.78, 5) is 22.7. The van der Waals surface area contributed by atoms with E-state index < -0.39 is 42.0 Å². The van der Waals surface area contributed by atoms with E-state index in [0.29, 0.717) is 0 Å². The van der Waals surface area contributed by atoms with Crippen LogP contribution in [-0.4, -0.2) is 52.2 Å². The van der Waals surface area contributed by atoms with Crippen molar-refractivity contribution in [2.24, 2.45) is 0 Å². The fourth-order valence-corrected chi connectivity index (χ4v) is 1.61. The van der Waals surface area contributed by atoms with E-state index in [1.54, 1.807) is 20.8 Å². The lowest BCUT2D eigenvalue weighted by Gasteiger charge is -2.25. The Bertz CT molecular complexity index is 335. The maximum atomic E-state index is 11.5. The van der Waals surface area contributed by atoms with Crippen LogP contribution in [0.1, 0.15) is 27.7 Å². The Hall–Kier alpha value is -1.34. The molecule has 1 fully saturated rings. The number of nitrogens with one attached hydrogen (secondary N) is 1. The molecule has 1 amide bonds. The van der Waals surface area contributed by atoms with E-state index in [1.807, 2.05) is 0 Å². The fraction of sp³-hybridized carbons (Fsp3) is 0.818. The van der Waals surface area contributed by atoms with Gasteiger partial charge in [0, 0.05) is 0 Å². The number of esters is 1. The first-order valence-corrected chi connectivity index (χ1v) is 5.68. The summed E-state index contributed by atoms with van der Waals surface area (Å²) in [5.74, 6) is -0.873. The monoisotopic (exact) mass is 261 g/mol. The van der Waals surface area contributed by atoms with Crippen molar-refractivity contribution in [1.29, 1.82) is 0 Å². The Balaban J connectivity index is 2.69. The molecular formula is C11H19NO6. The lowest BCUT2D eigenvalue weighted by molar-refractivity contribution is -0.150. The lowest BCUT2D eigenvalue weighted by Crippen LogP contribution is -2.51. The van der Waals surface area contributed by atoms with E-state index in [-0.39, 0.29) is 0 Å². The zero-order chi connectivity index (χ0) is 14.1. The summed E-state index contributed by atoms with van der Waals surface area (Å²) in [5.41, 5.74) is -0.696. The second kappa shape index (κ2) is 5.11. The number of carbonyl (C=O) groups is 2. The SMILES string of the molecule is C[C@H](O)[C@H]1OC(=O)[C@H](O)[C@@H]1NC(=O)OC(C)(C)C. The first-order chi connectivity index (χ1) is 8.11. The van der Waals surface area contributed by atoms with Crippen LogP contribution in [0.5, 0.6) is 0 Å². The smallest absolute Gasteiger partial charge is 0.408 e. The van der Waals surface area contributed by atoms with Gasteiger partial charge in [0.1, 0.15) is 11.6 Å². The molecule has 1 saturated heterocycles. The van der Waals surface area contributed by atoms with Crippen LogP contribution in [0.15, 0.2) is 0 Å². The van der Waals surface area contributed by atoms with Crippen molar-refractivity contribution in [3.05, 3.63) is 0 Å². The van der Waals surface area contributed by atoms with E-state index in [0.717, 1.165) is 0 Å². The number of cyclic esters (lactones) is 1. The zero-order valence-electron chi connectivity index (χ0n) is 10.8. The Labute approximate surface area is 105 Å². The molecule has 7 nitrogen and oxygen atoms in total. The average molecular weight is 261 g/mol. The van der Waals surface area contributed by atoms with E-state index in [4.69, 9.17) is 9.47 Å². The number of carbonyl (C=O) groups excluding carboxylic acids is 2. The maximum Gasteiger partial charge on any atom is 0.408 e. The number of ether oxygens (including phenoxy) is 2. The molecular weight excluding hydrogens is 242 g/mol. The van der Waals surface area contributed by atoms with Gasteiger partial charge in [0.25, 0.3) is 0 Å². The molecule has 3 N–H and O–H groups in total. The Morgan fingerprint density at radius 2 is 2.06 bits per heavy atom. The summed E-state index contributed by atoms with van der Waals surface area (Å²) in [7, 11) is 0. The van der Waals surface area contributed by atoms with Crippen LogP contribution in [0.4, 0.5) is 4.79 Å². The molecule has 0 aliphatic carbocycles. The van der Waals surface area contributed by atoms with E-state index in [9.17, 15) is 19.8 Å². The molecule has 0 spiro atoms. The Morgan fingerprint density at radius 3 is 2.50 bits per heavy atom. The summed E-state index contributed by atoms with van der Waals surface area (Å²) in [6.45, 7) is 6.46. The van der Waals surface area contributed by atoms with Gasteiger partial charge < -0.3 is 25.0 Å². The van der Waals surface area contributed by atoms with Gasteiger partial charge in [-0.2, -0.15) is 0 Å². The first-order valence-electron chi connectivity index (χ1n) is 5.68. The summed E-state index contributed by atoms with van der Waals surface area (Å²) >= 11 is 0. The second-order valence-electron chi connectivity index (χ2n) is 5.26. The van der Waals surface area contributed by atoms with Crippen molar-refractivity contribution in [3.63, 3.8) is 0 Å². The fourth-order valence-electron chi connectivity index (χ4n) is 1.61. The highest BCUT2D eigenvalue weighted by Crippen LogP contribution is 2.19. The number of aliphatic hydroxyl groups excluding tert-OH is 2. The standard InChI is InChI=1S/C11H19NO6/c1-5(13)8-6(7(14)9(15)17-8)12-10(16)18-11(2,3)4/h5-8,13-14H,1-4H3,(H,12,16)/t5-,6-,7+,8+/m0/s1. The zero-order valence-corrected chi connectivity index (χ0v) is 10.8. The van der Waals surface area contributed by atoms with Gasteiger partial charge in [-0.1, -0.05) is 0 Å². The van der Waals surface area contributed by atoms with Crippen molar-refractivity contribution < 1.29 is 29.3 Å². The highest BCUT2D eigenvalue weighted by atomic mass is 16.6. The van der Waals surface area contributed by atoms with Crippen LogP contribution in [0.2, 0.25) is 0 Å². The summed E-state index contributed by atoms with van der Waals surface area (Å²) in [5, 5.41) is 21.3. The van der Waals surface area contributed by atoms with Gasteiger partial charge in [0.05, 0.1) is 6.10 Å². The predicted molar refractivity (Wildman–Crippen MR) is 60.7 cm³/mol. The molecule has 1 heterocycles. The predicted octanol–water partition coefficient (Wildman–Crippen LogP) is -0.453. The molecule has 7 heteroatoms. The van der Waals surface area contributed by atoms with Crippen molar-refractivity contribution in [2.45, 2.75) is 57.6 Å². The van der Waals surface area contributed by atoms with Crippen LogP contribution < -0.4 is 5.32 Å². The molecule has 0 radical (unpaired) electrons. The number of rotatable bonds is 2. The first kappa shape index (κ1) is 14.7. The average Bonchev–Trinajstić information content (AvgIpc) is 2.43. The Kier molecular flexibility index (Phi) is 4.18. The highest BCUT2D eigenvalue weighted by molar-refractivity contribution is 5.80. The topological polar surface area (TPSA) is 105 Å². The molecule has 0 aromatic carbocycles. The molecule has 0 unspecified atom stereocenters. The number of amides is 1. The molecule has 4 atom stereocenters. The van der Waals surface area contributed by atoms with Crippen LogP contribution in [-0.2, 0) is 14.3 Å². The van der Waals surface area contributed by atoms with E-state index >= 15 is 0 Å². The summed E-state index contributed by atoms with van der Waals surface area (Å²) in [6.07, 6.45) is -4.28. The minimum atomic E-state index is -1.50. The minimum Gasteiger partial charge on any atom is -0.455 e. The van der Waals surface area contributed by atoms with Crippen molar-refractivity contribution in [2.75, 3.05) is 0 Å². The van der Waals surface area contributed by atoms with Gasteiger partial charge >= 0.3 is 12.1 Å². The minimum absolute atomic E-state index is 0.696. The van der Waals surface area contributed by atoms with Gasteiger partial charge in [-0.25, -0.2) is 9.59 Å².